The molecule has 0 radical (unpaired) electrons. The van der Waals surface area contributed by atoms with E-state index < -0.39 is 17.8 Å². The van der Waals surface area contributed by atoms with E-state index in [1.54, 1.807) is 35.6 Å². The Kier molecular flexibility index (Phi) is 4.03. The Morgan fingerprint density at radius 2 is 2.19 bits per heavy atom. The first kappa shape index (κ1) is 18.3. The number of pyridine rings is 1. The van der Waals surface area contributed by atoms with Crippen LogP contribution in [0.1, 0.15) is 33.8 Å². The molecule has 5 aromatic rings. The number of amides is 1. The van der Waals surface area contributed by atoms with Gasteiger partial charge in [-0.1, -0.05) is 0 Å². The molecule has 1 aliphatic rings. The highest BCUT2D eigenvalue weighted by Gasteiger charge is 2.38. The van der Waals surface area contributed by atoms with Crippen LogP contribution >= 0.6 is 0 Å². The van der Waals surface area contributed by atoms with E-state index in [0.29, 0.717) is 35.6 Å². The predicted molar refractivity (Wildman–Crippen MR) is 106 cm³/mol. The van der Waals surface area contributed by atoms with Crippen LogP contribution in [0.2, 0.25) is 0 Å². The Morgan fingerprint density at radius 1 is 1.25 bits per heavy atom. The van der Waals surface area contributed by atoms with Gasteiger partial charge in [0.1, 0.15) is 29.4 Å². The molecule has 0 unspecified atom stereocenters. The molecule has 6 rings (SSSR count). The number of nitrogens with zero attached hydrogens (tertiary/aromatic N) is 8. The molecule has 1 atom stereocenters. The van der Waals surface area contributed by atoms with Gasteiger partial charge in [-0.2, -0.15) is 5.10 Å². The second-order valence-corrected chi connectivity index (χ2v) is 7.18. The van der Waals surface area contributed by atoms with Gasteiger partial charge in [0.25, 0.3) is 5.89 Å². The highest BCUT2D eigenvalue weighted by molar-refractivity contribution is 5.90. The van der Waals surface area contributed by atoms with Crippen molar-refractivity contribution >= 4 is 11.4 Å². The molecule has 0 fully saturated rings. The second-order valence-electron chi connectivity index (χ2n) is 7.18. The van der Waals surface area contributed by atoms with Crippen LogP contribution in [0.15, 0.2) is 53.7 Å². The van der Waals surface area contributed by atoms with E-state index in [0.717, 1.165) is 5.69 Å². The van der Waals surface area contributed by atoms with Gasteiger partial charge in [-0.05, 0) is 24.3 Å². The lowest BCUT2D eigenvalue weighted by atomic mass is 9.99. The van der Waals surface area contributed by atoms with Gasteiger partial charge < -0.3 is 14.3 Å². The molecule has 1 N–H and O–H groups in total. The van der Waals surface area contributed by atoms with Crippen molar-refractivity contribution in [2.75, 3.05) is 6.54 Å². The monoisotopic (exact) mass is 431 g/mol. The van der Waals surface area contributed by atoms with Gasteiger partial charge in [0.05, 0.1) is 17.7 Å². The molecule has 158 valence electrons. The predicted octanol–water partition coefficient (Wildman–Crippen LogP) is 1.82. The summed E-state index contributed by atoms with van der Waals surface area (Å²) in [6.07, 6.45) is 6.67. The number of aromatic nitrogens is 8. The smallest absolute Gasteiger partial charge is 0.312 e. The SMILES string of the molecule is O=C(c1nnc(-c2ccncn2)o1)N1CCc2[nH]cnc2[C@H]1c1cc2c(F)cccn2n1. The van der Waals surface area contributed by atoms with Crippen LogP contribution in [0, 0.1) is 5.82 Å². The molecule has 0 spiro atoms. The van der Waals surface area contributed by atoms with E-state index in [1.165, 1.54) is 23.1 Å². The van der Waals surface area contributed by atoms with Gasteiger partial charge in [0, 0.05) is 31.1 Å². The third-order valence-electron chi connectivity index (χ3n) is 5.34. The van der Waals surface area contributed by atoms with Crippen molar-refractivity contribution in [1.29, 1.82) is 0 Å². The minimum atomic E-state index is -0.647. The van der Waals surface area contributed by atoms with Gasteiger partial charge in [-0.15, -0.1) is 10.2 Å². The first-order valence-electron chi connectivity index (χ1n) is 9.76. The quantitative estimate of drug-likeness (QED) is 0.458. The normalized spacial score (nSPS) is 15.8. The number of aromatic amines is 1. The van der Waals surface area contributed by atoms with E-state index in [4.69, 9.17) is 4.42 Å². The van der Waals surface area contributed by atoms with Crippen molar-refractivity contribution in [2.45, 2.75) is 12.5 Å². The Bertz CT molecular complexity index is 1440. The number of fused-ring (bicyclic) bond motifs is 2. The van der Waals surface area contributed by atoms with Gasteiger partial charge in [-0.25, -0.2) is 23.9 Å². The number of hydrogen-bond donors (Lipinski definition) is 1. The summed E-state index contributed by atoms with van der Waals surface area (Å²) in [6, 6.07) is 5.50. The molecule has 0 saturated heterocycles. The average Bonchev–Trinajstić information content (AvgIpc) is 3.58. The fourth-order valence-electron chi connectivity index (χ4n) is 3.88. The molecule has 1 aliphatic heterocycles. The lowest BCUT2D eigenvalue weighted by Crippen LogP contribution is -2.41. The maximum absolute atomic E-state index is 14.3. The molecule has 0 bridgehead atoms. The van der Waals surface area contributed by atoms with Crippen molar-refractivity contribution in [2.24, 2.45) is 0 Å². The average molecular weight is 431 g/mol. The number of H-pyrrole nitrogens is 1. The first-order valence-corrected chi connectivity index (χ1v) is 9.76. The molecular weight excluding hydrogens is 417 g/mol. The Labute approximate surface area is 179 Å². The Hall–Kier alpha value is -4.48. The summed E-state index contributed by atoms with van der Waals surface area (Å²) in [5.74, 6) is -0.959. The number of rotatable bonds is 3. The highest BCUT2D eigenvalue weighted by atomic mass is 19.1. The molecule has 1 amide bonds. The standard InChI is InChI=1S/C20H14FN9O2/c21-11-2-1-6-30-15(11)8-14(28-30)17-16-12(24-10-25-16)4-7-29(17)20(31)19-27-26-18(32-19)13-3-5-22-9-23-13/h1-3,5-6,8-10,17H,4,7H2,(H,24,25)/t17-/m1/s1. The molecular formula is C20H14FN9O2. The number of halogens is 1. The van der Waals surface area contributed by atoms with Crippen LogP contribution in [-0.2, 0) is 6.42 Å². The van der Waals surface area contributed by atoms with Crippen LogP contribution < -0.4 is 0 Å². The summed E-state index contributed by atoms with van der Waals surface area (Å²) in [5, 5.41) is 12.3. The summed E-state index contributed by atoms with van der Waals surface area (Å²) in [5.41, 5.74) is 2.73. The van der Waals surface area contributed by atoms with E-state index in [-0.39, 0.29) is 11.8 Å². The fraction of sp³-hybridized carbons (Fsp3) is 0.150. The molecule has 32 heavy (non-hydrogen) atoms. The third-order valence-corrected chi connectivity index (χ3v) is 5.34. The van der Waals surface area contributed by atoms with E-state index in [1.807, 2.05) is 0 Å². The maximum Gasteiger partial charge on any atom is 0.312 e. The summed E-state index contributed by atoms with van der Waals surface area (Å²) < 4.78 is 21.3. The first-order chi connectivity index (χ1) is 15.7. The van der Waals surface area contributed by atoms with Crippen molar-refractivity contribution in [3.63, 3.8) is 0 Å². The minimum absolute atomic E-state index is 0.111. The molecule has 12 heteroatoms. The largest absolute Gasteiger partial charge is 0.411 e. The van der Waals surface area contributed by atoms with Crippen LogP contribution in [0.4, 0.5) is 4.39 Å². The summed E-state index contributed by atoms with van der Waals surface area (Å²) in [4.78, 5) is 30.4. The minimum Gasteiger partial charge on any atom is -0.411 e. The highest BCUT2D eigenvalue weighted by Crippen LogP contribution is 2.34. The van der Waals surface area contributed by atoms with Crippen LogP contribution in [0.5, 0.6) is 0 Å². The van der Waals surface area contributed by atoms with Crippen molar-refractivity contribution in [1.82, 2.24) is 44.6 Å². The Morgan fingerprint density at radius 3 is 3.03 bits per heavy atom. The fourth-order valence-corrected chi connectivity index (χ4v) is 3.88. The number of carbonyl (C=O) groups is 1. The summed E-state index contributed by atoms with van der Waals surface area (Å²) >= 11 is 0. The zero-order chi connectivity index (χ0) is 21.7. The molecule has 0 saturated carbocycles. The maximum atomic E-state index is 14.3. The molecule has 11 nitrogen and oxygen atoms in total. The van der Waals surface area contributed by atoms with Gasteiger partial charge in [0.15, 0.2) is 0 Å². The third kappa shape index (κ3) is 2.84. The van der Waals surface area contributed by atoms with Gasteiger partial charge in [-0.3, -0.25) is 4.79 Å². The van der Waals surface area contributed by atoms with E-state index in [2.05, 4.69) is 35.2 Å². The van der Waals surface area contributed by atoms with E-state index in [9.17, 15) is 9.18 Å². The summed E-state index contributed by atoms with van der Waals surface area (Å²) in [7, 11) is 0. The second kappa shape index (κ2) is 7.04. The molecule has 5 aromatic heterocycles. The molecule has 0 aliphatic carbocycles. The van der Waals surface area contributed by atoms with Crippen molar-refractivity contribution < 1.29 is 13.6 Å². The van der Waals surface area contributed by atoms with Gasteiger partial charge >= 0.3 is 11.8 Å². The molecule has 0 aromatic carbocycles. The molecule has 6 heterocycles. The van der Waals surface area contributed by atoms with Crippen LogP contribution in [0.3, 0.4) is 0 Å². The Balaban J connectivity index is 1.41. The van der Waals surface area contributed by atoms with Crippen molar-refractivity contribution in [3.8, 4) is 11.6 Å². The lowest BCUT2D eigenvalue weighted by Gasteiger charge is -2.32. The summed E-state index contributed by atoms with van der Waals surface area (Å²) in [6.45, 7) is 0.361. The number of imidazole rings is 1. The van der Waals surface area contributed by atoms with E-state index >= 15 is 0 Å². The zero-order valence-electron chi connectivity index (χ0n) is 16.4. The lowest BCUT2D eigenvalue weighted by molar-refractivity contribution is 0.0646. The van der Waals surface area contributed by atoms with Gasteiger partial charge in [0.2, 0.25) is 0 Å². The zero-order valence-corrected chi connectivity index (χ0v) is 16.4. The van der Waals surface area contributed by atoms with Crippen molar-refractivity contribution in [3.05, 3.63) is 78.1 Å². The number of hydrogen-bond acceptors (Lipinski definition) is 8. The topological polar surface area (TPSA) is 131 Å². The number of carbonyl (C=O) groups excluding carboxylic acids is 1. The van der Waals surface area contributed by atoms with Crippen LogP contribution in [-0.4, -0.2) is 57.1 Å². The number of nitrogens with one attached hydrogen (secondary N) is 1. The van der Waals surface area contributed by atoms with Crippen LogP contribution in [0.25, 0.3) is 17.1 Å².